The average molecular weight is 450 g/mol. The van der Waals surface area contributed by atoms with E-state index in [4.69, 9.17) is 18.7 Å². The van der Waals surface area contributed by atoms with E-state index in [9.17, 15) is 4.79 Å². The highest BCUT2D eigenvalue weighted by atomic mass is 16.7. The third-order valence-corrected chi connectivity index (χ3v) is 5.95. The van der Waals surface area contributed by atoms with Crippen molar-refractivity contribution in [2.45, 2.75) is 26.4 Å². The number of hydrogen-bond acceptors (Lipinski definition) is 7. The molecule has 8 heteroatoms. The van der Waals surface area contributed by atoms with E-state index < -0.39 is 0 Å². The van der Waals surface area contributed by atoms with Crippen LogP contribution in [0.3, 0.4) is 0 Å². The largest absolute Gasteiger partial charge is 0.454 e. The Kier molecular flexibility index (Phi) is 5.92. The summed E-state index contributed by atoms with van der Waals surface area (Å²) < 4.78 is 22.2. The topological polar surface area (TPSA) is 77.3 Å². The van der Waals surface area contributed by atoms with Gasteiger partial charge in [0.1, 0.15) is 5.69 Å². The molecule has 1 fully saturated rings. The molecule has 1 amide bonds. The van der Waals surface area contributed by atoms with Gasteiger partial charge in [-0.2, -0.15) is 0 Å². The van der Waals surface area contributed by atoms with Gasteiger partial charge < -0.3 is 28.5 Å². The van der Waals surface area contributed by atoms with Gasteiger partial charge in [0.2, 0.25) is 12.7 Å². The first kappa shape index (κ1) is 21.3. The fourth-order valence-corrected chi connectivity index (χ4v) is 4.14. The molecule has 1 saturated heterocycles. The lowest BCUT2D eigenvalue weighted by molar-refractivity contribution is 0.0689. The van der Waals surface area contributed by atoms with Gasteiger partial charge in [0.05, 0.1) is 25.3 Å². The van der Waals surface area contributed by atoms with E-state index in [-0.39, 0.29) is 18.7 Å². The second kappa shape index (κ2) is 9.15. The third-order valence-electron chi connectivity index (χ3n) is 5.95. The molecule has 0 radical (unpaired) electrons. The second-order valence-corrected chi connectivity index (χ2v) is 8.38. The third kappa shape index (κ3) is 4.26. The summed E-state index contributed by atoms with van der Waals surface area (Å²) in [6.45, 7) is 7.25. The number of amides is 1. The van der Waals surface area contributed by atoms with Gasteiger partial charge in [-0.25, -0.2) is 0 Å². The van der Waals surface area contributed by atoms with Crippen molar-refractivity contribution >= 4 is 11.8 Å². The lowest BCUT2D eigenvalue weighted by Crippen LogP contribution is -2.39. The number of nitrogens with zero attached hydrogens (tertiary/aromatic N) is 3. The molecule has 5 rings (SSSR count). The van der Waals surface area contributed by atoms with E-state index in [1.54, 1.807) is 18.2 Å². The summed E-state index contributed by atoms with van der Waals surface area (Å²) in [5, 5.41) is 4.42. The fraction of sp³-hybridized carbons (Fsp3) is 0.360. The van der Waals surface area contributed by atoms with Crippen LogP contribution in [0.5, 0.6) is 11.5 Å². The van der Waals surface area contributed by atoms with E-state index in [1.807, 2.05) is 49.1 Å². The first-order valence-corrected chi connectivity index (χ1v) is 11.2. The van der Waals surface area contributed by atoms with Gasteiger partial charge >= 0.3 is 0 Å². The highest BCUT2D eigenvalue weighted by Crippen LogP contribution is 2.35. The van der Waals surface area contributed by atoms with E-state index in [2.05, 4.69) is 10.1 Å². The van der Waals surface area contributed by atoms with Crippen molar-refractivity contribution in [2.75, 3.05) is 38.0 Å². The highest BCUT2D eigenvalue weighted by molar-refractivity contribution is 5.95. The summed E-state index contributed by atoms with van der Waals surface area (Å²) in [7, 11) is 0. The Labute approximate surface area is 192 Å². The molecule has 8 nitrogen and oxygen atoms in total. The van der Waals surface area contributed by atoms with Gasteiger partial charge in [-0.15, -0.1) is 0 Å². The summed E-state index contributed by atoms with van der Waals surface area (Å²) in [6.07, 6.45) is 0. The molecular formula is C25H27N3O5. The van der Waals surface area contributed by atoms with Gasteiger partial charge in [-0.05, 0) is 32.0 Å². The van der Waals surface area contributed by atoms with Gasteiger partial charge in [-0.3, -0.25) is 4.79 Å². The first-order chi connectivity index (χ1) is 16.1. The van der Waals surface area contributed by atoms with Crippen LogP contribution in [0.25, 0.3) is 11.3 Å². The van der Waals surface area contributed by atoms with Crippen LogP contribution in [0.15, 0.2) is 53.1 Å². The van der Waals surface area contributed by atoms with Crippen LogP contribution in [-0.4, -0.2) is 55.1 Å². The average Bonchev–Trinajstić information content (AvgIpc) is 3.49. The molecule has 2 aromatic carbocycles. The number of aromatic nitrogens is 1. The molecule has 0 spiro atoms. The number of carbonyl (C=O) groups excluding carboxylic acids is 1. The van der Waals surface area contributed by atoms with Crippen LogP contribution in [0.2, 0.25) is 0 Å². The highest BCUT2D eigenvalue weighted by Gasteiger charge is 2.29. The molecule has 172 valence electrons. The minimum atomic E-state index is -0.0866. The Morgan fingerprint density at radius 1 is 1.06 bits per heavy atom. The lowest BCUT2D eigenvalue weighted by Gasteiger charge is -2.30. The zero-order valence-corrected chi connectivity index (χ0v) is 18.8. The molecule has 1 aromatic heterocycles. The standard InChI is InChI=1S/C25H27N3O5/c1-17(2)28(24(29)19-8-9-21-22(14-19)32-16-31-21)15-20-23(18-6-4-3-5-7-18)26-33-25(20)27-10-12-30-13-11-27/h3-9,14,17H,10-13,15-16H2,1-2H3. The number of ether oxygens (including phenoxy) is 3. The van der Waals surface area contributed by atoms with Crippen LogP contribution in [0.4, 0.5) is 5.88 Å². The summed E-state index contributed by atoms with van der Waals surface area (Å²) in [6, 6.07) is 15.2. The molecule has 3 heterocycles. The van der Waals surface area contributed by atoms with Crippen LogP contribution in [0, 0.1) is 0 Å². The first-order valence-electron chi connectivity index (χ1n) is 11.2. The fourth-order valence-electron chi connectivity index (χ4n) is 4.14. The molecule has 0 atom stereocenters. The number of carbonyl (C=O) groups is 1. The van der Waals surface area contributed by atoms with Crippen molar-refractivity contribution in [3.05, 3.63) is 59.7 Å². The number of rotatable bonds is 6. The maximum Gasteiger partial charge on any atom is 0.254 e. The van der Waals surface area contributed by atoms with Crippen molar-refractivity contribution in [1.82, 2.24) is 10.1 Å². The number of morpholine rings is 1. The van der Waals surface area contributed by atoms with Crippen LogP contribution < -0.4 is 14.4 Å². The Balaban J connectivity index is 1.51. The van der Waals surface area contributed by atoms with Gasteiger partial charge in [0, 0.05) is 30.3 Å². The molecule has 3 aromatic rings. The molecule has 0 unspecified atom stereocenters. The van der Waals surface area contributed by atoms with Gasteiger partial charge in [-0.1, -0.05) is 35.5 Å². The van der Waals surface area contributed by atoms with Crippen molar-refractivity contribution in [1.29, 1.82) is 0 Å². The lowest BCUT2D eigenvalue weighted by atomic mass is 10.0. The molecular weight excluding hydrogens is 422 g/mol. The predicted molar refractivity (Wildman–Crippen MR) is 123 cm³/mol. The molecule has 2 aliphatic heterocycles. The summed E-state index contributed by atoms with van der Waals surface area (Å²) in [4.78, 5) is 17.6. The van der Waals surface area contributed by atoms with Crippen LogP contribution >= 0.6 is 0 Å². The smallest absolute Gasteiger partial charge is 0.254 e. The molecule has 2 aliphatic rings. The minimum absolute atomic E-state index is 0.0426. The molecule has 0 bridgehead atoms. The Morgan fingerprint density at radius 3 is 2.58 bits per heavy atom. The van der Waals surface area contributed by atoms with Gasteiger partial charge in [0.25, 0.3) is 5.91 Å². The summed E-state index contributed by atoms with van der Waals surface area (Å²) in [5.74, 6) is 1.86. The van der Waals surface area contributed by atoms with Crippen molar-refractivity contribution in [3.8, 4) is 22.8 Å². The monoisotopic (exact) mass is 449 g/mol. The zero-order chi connectivity index (χ0) is 22.8. The molecule has 33 heavy (non-hydrogen) atoms. The van der Waals surface area contributed by atoms with E-state index in [0.717, 1.165) is 16.8 Å². The molecule has 0 aliphatic carbocycles. The second-order valence-electron chi connectivity index (χ2n) is 8.38. The van der Waals surface area contributed by atoms with Crippen molar-refractivity contribution in [2.24, 2.45) is 0 Å². The number of anilines is 1. The predicted octanol–water partition coefficient (Wildman–Crippen LogP) is 3.96. The van der Waals surface area contributed by atoms with Crippen molar-refractivity contribution < 1.29 is 23.5 Å². The normalized spacial score (nSPS) is 15.2. The van der Waals surface area contributed by atoms with E-state index in [1.165, 1.54) is 0 Å². The molecule has 0 saturated carbocycles. The zero-order valence-electron chi connectivity index (χ0n) is 18.8. The van der Waals surface area contributed by atoms with E-state index in [0.29, 0.717) is 55.8 Å². The summed E-state index contributed by atoms with van der Waals surface area (Å²) >= 11 is 0. The number of hydrogen-bond donors (Lipinski definition) is 0. The van der Waals surface area contributed by atoms with Gasteiger partial charge in [0.15, 0.2) is 11.5 Å². The summed E-state index contributed by atoms with van der Waals surface area (Å²) in [5.41, 5.74) is 3.15. The quantitative estimate of drug-likeness (QED) is 0.564. The van der Waals surface area contributed by atoms with Crippen LogP contribution in [0.1, 0.15) is 29.8 Å². The SMILES string of the molecule is CC(C)N(Cc1c(-c2ccccc2)noc1N1CCOCC1)C(=O)c1ccc2c(c1)OCO2. The van der Waals surface area contributed by atoms with Crippen LogP contribution in [-0.2, 0) is 11.3 Å². The van der Waals surface area contributed by atoms with E-state index >= 15 is 0 Å². The Bertz CT molecular complexity index is 1120. The molecule has 0 N–H and O–H groups in total. The Morgan fingerprint density at radius 2 is 1.82 bits per heavy atom. The van der Waals surface area contributed by atoms with Crippen molar-refractivity contribution in [3.63, 3.8) is 0 Å². The minimum Gasteiger partial charge on any atom is -0.454 e. The number of benzene rings is 2. The maximum absolute atomic E-state index is 13.6. The number of fused-ring (bicyclic) bond motifs is 1. The maximum atomic E-state index is 13.6. The Hall–Kier alpha value is -3.52.